The Morgan fingerprint density at radius 2 is 2.21 bits per heavy atom. The van der Waals surface area contributed by atoms with Crippen molar-refractivity contribution in [3.63, 3.8) is 0 Å². The van der Waals surface area contributed by atoms with E-state index in [2.05, 4.69) is 10.3 Å². The van der Waals surface area contributed by atoms with Crippen LogP contribution in [0, 0.1) is 0 Å². The van der Waals surface area contributed by atoms with Gasteiger partial charge in [0.2, 0.25) is 5.91 Å². The molecule has 0 aliphatic carbocycles. The number of nitrogens with zero attached hydrogens (tertiary/aromatic N) is 3. The number of carbonyl (C=O) groups is 1. The van der Waals surface area contributed by atoms with E-state index in [-0.39, 0.29) is 24.7 Å². The third kappa shape index (κ3) is 3.23. The van der Waals surface area contributed by atoms with Crippen molar-refractivity contribution in [2.45, 2.75) is 19.6 Å². The van der Waals surface area contributed by atoms with Gasteiger partial charge in [0.05, 0.1) is 31.5 Å². The lowest BCUT2D eigenvalue weighted by atomic mass is 10.4. The van der Waals surface area contributed by atoms with Gasteiger partial charge in [-0.05, 0) is 24.3 Å². The molecule has 0 bridgehead atoms. The minimum Gasteiger partial charge on any atom is -0.467 e. The highest BCUT2D eigenvalue weighted by atomic mass is 16.5. The van der Waals surface area contributed by atoms with Gasteiger partial charge < -0.3 is 14.5 Å². The smallest absolute Gasteiger partial charge is 0.330 e. The molecule has 8 nitrogen and oxygen atoms in total. The number of imidazole rings is 1. The van der Waals surface area contributed by atoms with Crippen LogP contribution in [-0.2, 0) is 29.2 Å². The fourth-order valence-corrected chi connectivity index (χ4v) is 2.48. The number of fused-ring (bicyclic) bond motifs is 1. The molecule has 0 spiro atoms. The Balaban J connectivity index is 1.82. The summed E-state index contributed by atoms with van der Waals surface area (Å²) in [6.45, 7) is 0.965. The van der Waals surface area contributed by atoms with Crippen molar-refractivity contribution in [2.75, 3.05) is 13.7 Å². The lowest BCUT2D eigenvalue weighted by molar-refractivity contribution is -0.121. The van der Waals surface area contributed by atoms with Crippen molar-refractivity contribution in [1.82, 2.24) is 19.4 Å². The molecular formula is C16H18N4O4. The summed E-state index contributed by atoms with van der Waals surface area (Å²) in [6, 6.07) is 7.03. The van der Waals surface area contributed by atoms with E-state index in [9.17, 15) is 9.59 Å². The molecule has 1 amide bonds. The number of hydrogen-bond acceptors (Lipinski definition) is 5. The normalized spacial score (nSPS) is 11.0. The first-order valence-corrected chi connectivity index (χ1v) is 7.53. The zero-order valence-electron chi connectivity index (χ0n) is 13.3. The molecule has 8 heteroatoms. The molecule has 3 heterocycles. The fraction of sp³-hybridized carbons (Fsp3) is 0.312. The van der Waals surface area contributed by atoms with E-state index < -0.39 is 0 Å². The quantitative estimate of drug-likeness (QED) is 0.690. The Morgan fingerprint density at radius 3 is 2.96 bits per heavy atom. The van der Waals surface area contributed by atoms with Gasteiger partial charge in [-0.3, -0.25) is 13.9 Å². The molecule has 0 atom stereocenters. The molecular weight excluding hydrogens is 312 g/mol. The van der Waals surface area contributed by atoms with Crippen LogP contribution in [0.15, 0.2) is 45.9 Å². The van der Waals surface area contributed by atoms with Crippen LogP contribution < -0.4 is 11.0 Å². The van der Waals surface area contributed by atoms with E-state index >= 15 is 0 Å². The molecule has 0 saturated heterocycles. The topological polar surface area (TPSA) is 91.3 Å². The van der Waals surface area contributed by atoms with Crippen molar-refractivity contribution in [2.24, 2.45) is 0 Å². The number of rotatable bonds is 7. The standard InChI is InChI=1S/C16H18N4O4/c1-23-9-7-19-15-13(5-2-6-17-15)20(16(19)22)11-14(21)18-10-12-4-3-8-24-12/h2-6,8H,7,9-11H2,1H3,(H,18,21). The molecule has 0 aliphatic rings. The Bertz CT molecular complexity index is 879. The molecule has 0 saturated carbocycles. The number of hydrogen-bond donors (Lipinski definition) is 1. The van der Waals surface area contributed by atoms with Crippen molar-refractivity contribution in [1.29, 1.82) is 0 Å². The maximum absolute atomic E-state index is 12.6. The van der Waals surface area contributed by atoms with Crippen LogP contribution in [0.1, 0.15) is 5.76 Å². The van der Waals surface area contributed by atoms with Gasteiger partial charge in [-0.15, -0.1) is 0 Å². The van der Waals surface area contributed by atoms with Gasteiger partial charge in [0.15, 0.2) is 5.65 Å². The number of amides is 1. The lowest BCUT2D eigenvalue weighted by Gasteiger charge is -2.04. The van der Waals surface area contributed by atoms with Crippen LogP contribution in [-0.4, -0.2) is 33.7 Å². The molecule has 0 radical (unpaired) electrons. The number of aromatic nitrogens is 3. The summed E-state index contributed by atoms with van der Waals surface area (Å²) in [5.41, 5.74) is 0.874. The monoisotopic (exact) mass is 330 g/mol. The highest BCUT2D eigenvalue weighted by Gasteiger charge is 2.16. The number of ether oxygens (including phenoxy) is 1. The maximum atomic E-state index is 12.6. The van der Waals surface area contributed by atoms with Crippen LogP contribution in [0.5, 0.6) is 0 Å². The van der Waals surface area contributed by atoms with Crippen molar-refractivity contribution in [3.8, 4) is 0 Å². The van der Waals surface area contributed by atoms with Crippen molar-refractivity contribution < 1.29 is 13.9 Å². The first-order valence-electron chi connectivity index (χ1n) is 7.53. The summed E-state index contributed by atoms with van der Waals surface area (Å²) < 4.78 is 13.1. The third-order valence-corrected chi connectivity index (χ3v) is 3.63. The molecule has 0 aliphatic heterocycles. The van der Waals surface area contributed by atoms with Gasteiger partial charge in [0.25, 0.3) is 0 Å². The largest absolute Gasteiger partial charge is 0.467 e. The van der Waals surface area contributed by atoms with Crippen LogP contribution >= 0.6 is 0 Å². The molecule has 24 heavy (non-hydrogen) atoms. The Hall–Kier alpha value is -2.87. The summed E-state index contributed by atoms with van der Waals surface area (Å²) in [5, 5.41) is 2.73. The molecule has 3 aromatic rings. The van der Waals surface area contributed by atoms with Crippen LogP contribution in [0.3, 0.4) is 0 Å². The zero-order chi connectivity index (χ0) is 16.9. The van der Waals surface area contributed by atoms with E-state index in [4.69, 9.17) is 9.15 Å². The Labute approximate surface area is 137 Å². The van der Waals surface area contributed by atoms with Crippen LogP contribution in [0.4, 0.5) is 0 Å². The van der Waals surface area contributed by atoms with Gasteiger partial charge in [-0.2, -0.15) is 0 Å². The molecule has 3 rings (SSSR count). The summed E-state index contributed by atoms with van der Waals surface area (Å²) >= 11 is 0. The van der Waals surface area contributed by atoms with E-state index in [1.165, 1.54) is 9.13 Å². The molecule has 126 valence electrons. The minimum absolute atomic E-state index is 0.0816. The average molecular weight is 330 g/mol. The Kier molecular flexibility index (Phi) is 4.76. The summed E-state index contributed by atoms with van der Waals surface area (Å²) in [5.74, 6) is 0.378. The number of furan rings is 1. The Morgan fingerprint density at radius 1 is 1.33 bits per heavy atom. The molecule has 0 aromatic carbocycles. The van der Waals surface area contributed by atoms with Gasteiger partial charge in [-0.25, -0.2) is 9.78 Å². The number of nitrogens with one attached hydrogen (secondary N) is 1. The average Bonchev–Trinajstić information content (AvgIpc) is 3.20. The van der Waals surface area contributed by atoms with Crippen LogP contribution in [0.25, 0.3) is 11.2 Å². The van der Waals surface area contributed by atoms with E-state index in [0.29, 0.717) is 30.1 Å². The van der Waals surface area contributed by atoms with Gasteiger partial charge in [-0.1, -0.05) is 0 Å². The number of pyridine rings is 1. The van der Waals surface area contributed by atoms with Gasteiger partial charge in [0.1, 0.15) is 12.3 Å². The third-order valence-electron chi connectivity index (χ3n) is 3.63. The summed E-state index contributed by atoms with van der Waals surface area (Å²) in [4.78, 5) is 29.0. The highest BCUT2D eigenvalue weighted by Crippen LogP contribution is 2.09. The van der Waals surface area contributed by atoms with E-state index in [0.717, 1.165) is 0 Å². The van der Waals surface area contributed by atoms with Crippen molar-refractivity contribution >= 4 is 17.1 Å². The second-order valence-electron chi connectivity index (χ2n) is 5.22. The van der Waals surface area contributed by atoms with Crippen LogP contribution in [0.2, 0.25) is 0 Å². The maximum Gasteiger partial charge on any atom is 0.330 e. The van der Waals surface area contributed by atoms with Gasteiger partial charge >= 0.3 is 5.69 Å². The summed E-state index contributed by atoms with van der Waals surface area (Å²) in [6.07, 6.45) is 3.16. The SMILES string of the molecule is COCCn1c(=O)n(CC(=O)NCc2ccco2)c2cccnc21. The molecule has 1 N–H and O–H groups in total. The zero-order valence-corrected chi connectivity index (χ0v) is 13.3. The first kappa shape index (κ1) is 16.0. The predicted octanol–water partition coefficient (Wildman–Crippen LogP) is 0.754. The second kappa shape index (κ2) is 7.14. The van der Waals surface area contributed by atoms with Crippen molar-refractivity contribution in [3.05, 3.63) is 53.0 Å². The molecule has 0 unspecified atom stereocenters. The molecule has 3 aromatic heterocycles. The lowest BCUT2D eigenvalue weighted by Crippen LogP contribution is -2.33. The number of carbonyl (C=O) groups excluding carboxylic acids is 1. The minimum atomic E-state index is -0.283. The number of methoxy groups -OCH3 is 1. The first-order chi connectivity index (χ1) is 11.7. The van der Waals surface area contributed by atoms with E-state index in [1.807, 2.05) is 0 Å². The van der Waals surface area contributed by atoms with Gasteiger partial charge in [0, 0.05) is 13.3 Å². The highest BCUT2D eigenvalue weighted by molar-refractivity contribution is 5.79. The fourth-order valence-electron chi connectivity index (χ4n) is 2.48. The van der Waals surface area contributed by atoms with E-state index in [1.54, 1.807) is 43.8 Å². The second-order valence-corrected chi connectivity index (χ2v) is 5.22. The predicted molar refractivity (Wildman–Crippen MR) is 86.4 cm³/mol. The summed E-state index contributed by atoms with van der Waals surface area (Å²) in [7, 11) is 1.57. The molecule has 0 fully saturated rings.